The summed E-state index contributed by atoms with van der Waals surface area (Å²) in [5.41, 5.74) is -0.686. The van der Waals surface area contributed by atoms with Gasteiger partial charge in [0.25, 0.3) is 5.69 Å². The topological polar surface area (TPSA) is 120 Å². The lowest BCUT2D eigenvalue weighted by atomic mass is 9.99. The van der Waals surface area contributed by atoms with Gasteiger partial charge in [0.05, 0.1) is 30.2 Å². The van der Waals surface area contributed by atoms with Crippen molar-refractivity contribution in [1.82, 2.24) is 10.0 Å². The zero-order valence-corrected chi connectivity index (χ0v) is 14.4. The van der Waals surface area contributed by atoms with E-state index in [1.807, 2.05) is 0 Å². The lowest BCUT2D eigenvalue weighted by molar-refractivity contribution is -0.385. The molecule has 1 aromatic rings. The summed E-state index contributed by atoms with van der Waals surface area (Å²) in [5.74, 6) is -0.0723. The Labute approximate surface area is 140 Å². The Hall–Kier alpha value is -1.75. The summed E-state index contributed by atoms with van der Waals surface area (Å²) in [5, 5.41) is 14.1. The molecule has 1 saturated heterocycles. The summed E-state index contributed by atoms with van der Waals surface area (Å²) in [6.07, 6.45) is 1.73. The highest BCUT2D eigenvalue weighted by molar-refractivity contribution is 7.89. The second kappa shape index (κ2) is 7.43. The molecular weight excluding hydrogens is 338 g/mol. The average Bonchev–Trinajstić information content (AvgIpc) is 3.02. The number of nitro groups is 1. The summed E-state index contributed by atoms with van der Waals surface area (Å²) in [6.45, 7) is 1.34. The minimum absolute atomic E-state index is 0.0723. The second-order valence-corrected chi connectivity index (χ2v) is 7.40. The van der Waals surface area contributed by atoms with Crippen LogP contribution in [-0.2, 0) is 14.8 Å². The first-order valence-electron chi connectivity index (χ1n) is 7.40. The highest BCUT2D eigenvalue weighted by atomic mass is 32.2. The molecule has 0 bridgehead atoms. The molecule has 1 unspecified atom stereocenters. The van der Waals surface area contributed by atoms with E-state index in [2.05, 4.69) is 10.0 Å². The standard InChI is InChI=1S/C14H21N3O6S/c1-22-10-14(6-3-7-15-14)9-16-24(20,21)13-5-4-11(17(18)19)8-12(13)23-2/h4-5,8,15-16H,3,6-7,9-10H2,1-2H3. The maximum Gasteiger partial charge on any atom is 0.273 e. The lowest BCUT2D eigenvalue weighted by Gasteiger charge is -2.29. The van der Waals surface area contributed by atoms with Gasteiger partial charge in [0.1, 0.15) is 10.6 Å². The van der Waals surface area contributed by atoms with Crippen molar-refractivity contribution in [2.75, 3.05) is 33.9 Å². The van der Waals surface area contributed by atoms with Crippen molar-refractivity contribution in [2.45, 2.75) is 23.3 Å². The van der Waals surface area contributed by atoms with Crippen LogP contribution in [0.4, 0.5) is 5.69 Å². The molecule has 1 aliphatic heterocycles. The van der Waals surface area contributed by atoms with Gasteiger partial charge in [0.15, 0.2) is 0 Å². The monoisotopic (exact) mass is 359 g/mol. The molecule has 0 aromatic heterocycles. The minimum atomic E-state index is -3.88. The summed E-state index contributed by atoms with van der Waals surface area (Å²) < 4.78 is 37.9. The normalized spacial score (nSPS) is 20.9. The van der Waals surface area contributed by atoms with E-state index in [4.69, 9.17) is 9.47 Å². The molecule has 0 saturated carbocycles. The van der Waals surface area contributed by atoms with E-state index in [9.17, 15) is 18.5 Å². The first-order valence-corrected chi connectivity index (χ1v) is 8.88. The Bertz CT molecular complexity index is 700. The Morgan fingerprint density at radius 2 is 2.17 bits per heavy atom. The number of nitro benzene ring substituents is 1. The first-order chi connectivity index (χ1) is 11.3. The molecule has 10 heteroatoms. The van der Waals surface area contributed by atoms with Crippen LogP contribution in [0.2, 0.25) is 0 Å². The number of sulfonamides is 1. The molecule has 1 atom stereocenters. The van der Waals surface area contributed by atoms with E-state index in [-0.39, 0.29) is 22.9 Å². The van der Waals surface area contributed by atoms with Gasteiger partial charge in [-0.15, -0.1) is 0 Å². The van der Waals surface area contributed by atoms with Crippen molar-refractivity contribution in [3.8, 4) is 5.75 Å². The predicted octanol–water partition coefficient (Wildman–Crippen LogP) is 0.650. The van der Waals surface area contributed by atoms with Gasteiger partial charge in [-0.1, -0.05) is 0 Å². The molecule has 1 aliphatic rings. The third-order valence-electron chi connectivity index (χ3n) is 4.00. The fourth-order valence-corrected chi connectivity index (χ4v) is 4.05. The molecule has 9 nitrogen and oxygen atoms in total. The second-order valence-electron chi connectivity index (χ2n) is 5.66. The number of nitrogens with one attached hydrogen (secondary N) is 2. The Morgan fingerprint density at radius 3 is 2.71 bits per heavy atom. The zero-order chi connectivity index (χ0) is 17.8. The highest BCUT2D eigenvalue weighted by Crippen LogP contribution is 2.28. The molecule has 0 amide bonds. The van der Waals surface area contributed by atoms with E-state index >= 15 is 0 Å². The van der Waals surface area contributed by atoms with Gasteiger partial charge < -0.3 is 14.8 Å². The number of benzene rings is 1. The summed E-state index contributed by atoms with van der Waals surface area (Å²) >= 11 is 0. The van der Waals surface area contributed by atoms with E-state index in [0.29, 0.717) is 6.61 Å². The van der Waals surface area contributed by atoms with Gasteiger partial charge >= 0.3 is 0 Å². The molecule has 2 N–H and O–H groups in total. The van der Waals surface area contributed by atoms with Gasteiger partial charge in [-0.2, -0.15) is 0 Å². The van der Waals surface area contributed by atoms with Crippen LogP contribution in [-0.4, -0.2) is 52.8 Å². The number of non-ortho nitro benzene ring substituents is 1. The summed E-state index contributed by atoms with van der Waals surface area (Å²) in [4.78, 5) is 10.1. The maximum absolute atomic E-state index is 12.6. The van der Waals surface area contributed by atoms with E-state index in [1.54, 1.807) is 7.11 Å². The molecule has 1 aromatic carbocycles. The maximum atomic E-state index is 12.6. The number of hydrogen-bond acceptors (Lipinski definition) is 7. The van der Waals surface area contributed by atoms with Crippen molar-refractivity contribution >= 4 is 15.7 Å². The van der Waals surface area contributed by atoms with E-state index < -0.39 is 20.5 Å². The third kappa shape index (κ3) is 4.01. The van der Waals surface area contributed by atoms with Crippen LogP contribution in [0.1, 0.15) is 12.8 Å². The van der Waals surface area contributed by atoms with Gasteiger partial charge in [-0.25, -0.2) is 13.1 Å². The largest absolute Gasteiger partial charge is 0.495 e. The first kappa shape index (κ1) is 18.6. The molecule has 2 rings (SSSR count). The minimum Gasteiger partial charge on any atom is -0.495 e. The van der Waals surface area contributed by atoms with Crippen molar-refractivity contribution in [3.05, 3.63) is 28.3 Å². The Kier molecular flexibility index (Phi) is 5.75. The predicted molar refractivity (Wildman–Crippen MR) is 86.7 cm³/mol. The highest BCUT2D eigenvalue weighted by Gasteiger charge is 2.35. The number of methoxy groups -OCH3 is 2. The van der Waals surface area contributed by atoms with Gasteiger partial charge in [0, 0.05) is 19.7 Å². The average molecular weight is 359 g/mol. The molecule has 1 heterocycles. The van der Waals surface area contributed by atoms with Crippen LogP contribution in [0.25, 0.3) is 0 Å². The third-order valence-corrected chi connectivity index (χ3v) is 5.44. The van der Waals surface area contributed by atoms with Gasteiger partial charge in [-0.05, 0) is 25.5 Å². The quantitative estimate of drug-likeness (QED) is 0.516. The van der Waals surface area contributed by atoms with Crippen molar-refractivity contribution in [3.63, 3.8) is 0 Å². The number of rotatable bonds is 8. The number of nitrogens with zero attached hydrogens (tertiary/aromatic N) is 1. The van der Waals surface area contributed by atoms with Crippen LogP contribution in [0, 0.1) is 10.1 Å². The number of ether oxygens (including phenoxy) is 2. The van der Waals surface area contributed by atoms with Crippen molar-refractivity contribution < 1.29 is 22.8 Å². The summed E-state index contributed by atoms with van der Waals surface area (Å²) in [7, 11) is -1.05. The molecule has 24 heavy (non-hydrogen) atoms. The molecule has 134 valence electrons. The van der Waals surface area contributed by atoms with Crippen LogP contribution in [0.3, 0.4) is 0 Å². The number of hydrogen-bond donors (Lipinski definition) is 2. The van der Waals surface area contributed by atoms with Crippen LogP contribution in [0.5, 0.6) is 5.75 Å². The fraction of sp³-hybridized carbons (Fsp3) is 0.571. The molecule has 0 radical (unpaired) electrons. The van der Waals surface area contributed by atoms with Crippen molar-refractivity contribution in [2.24, 2.45) is 0 Å². The molecule has 0 spiro atoms. The molecule has 0 aliphatic carbocycles. The van der Waals surface area contributed by atoms with E-state index in [0.717, 1.165) is 31.5 Å². The lowest BCUT2D eigenvalue weighted by Crippen LogP contribution is -2.52. The van der Waals surface area contributed by atoms with E-state index in [1.165, 1.54) is 13.2 Å². The SMILES string of the molecule is COCC1(CNS(=O)(=O)c2ccc([N+](=O)[O-])cc2OC)CCCN1. The van der Waals surface area contributed by atoms with Crippen molar-refractivity contribution in [1.29, 1.82) is 0 Å². The molecular formula is C14H21N3O6S. The van der Waals surface area contributed by atoms with Crippen LogP contribution < -0.4 is 14.8 Å². The van der Waals surface area contributed by atoms with Crippen LogP contribution >= 0.6 is 0 Å². The fourth-order valence-electron chi connectivity index (χ4n) is 2.77. The van der Waals surface area contributed by atoms with Gasteiger partial charge in [0.2, 0.25) is 10.0 Å². The summed E-state index contributed by atoms with van der Waals surface area (Å²) in [6, 6.07) is 3.40. The Balaban J connectivity index is 2.22. The Morgan fingerprint density at radius 1 is 1.42 bits per heavy atom. The smallest absolute Gasteiger partial charge is 0.273 e. The van der Waals surface area contributed by atoms with Gasteiger partial charge in [-0.3, -0.25) is 10.1 Å². The zero-order valence-electron chi connectivity index (χ0n) is 13.6. The molecule has 1 fully saturated rings. The van der Waals surface area contributed by atoms with Crippen LogP contribution in [0.15, 0.2) is 23.1 Å².